The number of hydrogen-bond donors (Lipinski definition) is 1. The van der Waals surface area contributed by atoms with Crippen LogP contribution in [0.2, 0.25) is 5.02 Å². The Morgan fingerprint density at radius 3 is 2.33 bits per heavy atom. The normalized spacial score (nSPS) is 18.4. The predicted molar refractivity (Wildman–Crippen MR) is 118 cm³/mol. The van der Waals surface area contributed by atoms with Crippen molar-refractivity contribution in [3.63, 3.8) is 0 Å². The Bertz CT molecular complexity index is 849. The molecule has 1 saturated heterocycles. The molecule has 2 aromatic carbocycles. The first kappa shape index (κ1) is 22.3. The zero-order valence-corrected chi connectivity index (χ0v) is 18.2. The molecule has 0 spiro atoms. The number of benzene rings is 2. The third kappa shape index (κ3) is 5.39. The summed E-state index contributed by atoms with van der Waals surface area (Å²) < 4.78 is 5.19. The lowest BCUT2D eigenvalue weighted by molar-refractivity contribution is -0.143. The Morgan fingerprint density at radius 2 is 1.77 bits per heavy atom. The van der Waals surface area contributed by atoms with E-state index in [1.165, 1.54) is 0 Å². The van der Waals surface area contributed by atoms with Crippen LogP contribution < -0.4 is 10.1 Å². The fourth-order valence-electron chi connectivity index (χ4n) is 3.77. The standard InChI is InChI=1S/C23H28ClN3O3/c1-26(13-18-5-9-21(30-2)10-6-18)15-22(29)27(23(17-28)11-12-25-16-23)14-19-3-7-20(24)8-4-19/h3-10,17,25H,11-16H2,1-2H3. The third-order valence-corrected chi connectivity index (χ3v) is 5.75. The first-order valence-electron chi connectivity index (χ1n) is 9.99. The number of carbonyl (C=O) groups is 2. The quantitative estimate of drug-likeness (QED) is 0.621. The van der Waals surface area contributed by atoms with Crippen molar-refractivity contribution in [1.29, 1.82) is 0 Å². The number of likely N-dealkylation sites (N-methyl/N-ethyl adjacent to an activating group) is 1. The maximum atomic E-state index is 13.3. The number of ether oxygens (including phenoxy) is 1. The van der Waals surface area contributed by atoms with E-state index in [4.69, 9.17) is 16.3 Å². The van der Waals surface area contributed by atoms with Crippen molar-refractivity contribution in [3.05, 3.63) is 64.7 Å². The summed E-state index contributed by atoms with van der Waals surface area (Å²) in [5.74, 6) is 0.727. The molecule has 0 radical (unpaired) electrons. The Balaban J connectivity index is 1.73. The monoisotopic (exact) mass is 429 g/mol. The summed E-state index contributed by atoms with van der Waals surface area (Å²) in [6.07, 6.45) is 1.53. The van der Waals surface area contributed by atoms with E-state index in [-0.39, 0.29) is 12.5 Å². The van der Waals surface area contributed by atoms with Crippen LogP contribution >= 0.6 is 11.6 Å². The van der Waals surface area contributed by atoms with Gasteiger partial charge in [-0.25, -0.2) is 0 Å². The molecule has 1 aliphatic heterocycles. The first-order valence-corrected chi connectivity index (χ1v) is 10.4. The van der Waals surface area contributed by atoms with Gasteiger partial charge in [-0.15, -0.1) is 0 Å². The number of hydrogen-bond acceptors (Lipinski definition) is 5. The number of aldehydes is 1. The lowest BCUT2D eigenvalue weighted by atomic mass is 9.96. The fraction of sp³-hybridized carbons (Fsp3) is 0.391. The number of rotatable bonds is 9. The van der Waals surface area contributed by atoms with Crippen LogP contribution in [-0.4, -0.2) is 61.3 Å². The van der Waals surface area contributed by atoms with Gasteiger partial charge in [-0.05, 0) is 55.4 Å². The molecule has 1 heterocycles. The first-order chi connectivity index (χ1) is 14.5. The van der Waals surface area contributed by atoms with Gasteiger partial charge in [0.1, 0.15) is 17.6 Å². The smallest absolute Gasteiger partial charge is 0.237 e. The van der Waals surface area contributed by atoms with Crippen LogP contribution in [0.25, 0.3) is 0 Å². The molecular weight excluding hydrogens is 402 g/mol. The lowest BCUT2D eigenvalue weighted by Crippen LogP contribution is -2.56. The zero-order chi connectivity index (χ0) is 21.6. The second kappa shape index (κ2) is 10.1. The number of halogens is 1. The number of amides is 1. The fourth-order valence-corrected chi connectivity index (χ4v) is 3.90. The summed E-state index contributed by atoms with van der Waals surface area (Å²) in [6, 6.07) is 15.2. The topological polar surface area (TPSA) is 61.9 Å². The summed E-state index contributed by atoms with van der Waals surface area (Å²) in [4.78, 5) is 29.1. The van der Waals surface area contributed by atoms with Crippen molar-refractivity contribution < 1.29 is 14.3 Å². The minimum atomic E-state index is -0.822. The Morgan fingerprint density at radius 1 is 1.13 bits per heavy atom. The van der Waals surface area contributed by atoms with Gasteiger partial charge in [-0.3, -0.25) is 9.69 Å². The highest BCUT2D eigenvalue weighted by atomic mass is 35.5. The Kier molecular flexibility index (Phi) is 7.48. The van der Waals surface area contributed by atoms with E-state index < -0.39 is 5.54 Å². The van der Waals surface area contributed by atoms with Crippen LogP contribution in [0.15, 0.2) is 48.5 Å². The molecule has 6 nitrogen and oxygen atoms in total. The summed E-state index contributed by atoms with van der Waals surface area (Å²) in [7, 11) is 3.54. The lowest BCUT2D eigenvalue weighted by Gasteiger charge is -2.37. The van der Waals surface area contributed by atoms with Gasteiger partial charge >= 0.3 is 0 Å². The van der Waals surface area contributed by atoms with Gasteiger partial charge in [0.2, 0.25) is 5.91 Å². The molecule has 0 bridgehead atoms. The Labute approximate surface area is 182 Å². The second-order valence-corrected chi connectivity index (χ2v) is 8.21. The predicted octanol–water partition coefficient (Wildman–Crippen LogP) is 2.74. The van der Waals surface area contributed by atoms with Gasteiger partial charge < -0.3 is 19.7 Å². The highest BCUT2D eigenvalue weighted by Crippen LogP contribution is 2.25. The van der Waals surface area contributed by atoms with Gasteiger partial charge in [-0.1, -0.05) is 35.9 Å². The molecular formula is C23H28ClN3O3. The van der Waals surface area contributed by atoms with E-state index in [0.29, 0.717) is 37.6 Å². The van der Waals surface area contributed by atoms with Crippen molar-refractivity contribution in [2.45, 2.75) is 25.0 Å². The minimum Gasteiger partial charge on any atom is -0.497 e. The van der Waals surface area contributed by atoms with Crippen LogP contribution in [0.5, 0.6) is 5.75 Å². The largest absolute Gasteiger partial charge is 0.497 e. The molecule has 0 aliphatic carbocycles. The molecule has 1 N–H and O–H groups in total. The molecule has 30 heavy (non-hydrogen) atoms. The van der Waals surface area contributed by atoms with Gasteiger partial charge in [0, 0.05) is 24.7 Å². The molecule has 3 rings (SSSR count). The van der Waals surface area contributed by atoms with Crippen LogP contribution in [0, 0.1) is 0 Å². The SMILES string of the molecule is COc1ccc(CN(C)CC(=O)N(Cc2ccc(Cl)cc2)C2(C=O)CCNC2)cc1. The van der Waals surface area contributed by atoms with Crippen molar-refractivity contribution in [1.82, 2.24) is 15.1 Å². The highest BCUT2D eigenvalue weighted by molar-refractivity contribution is 6.30. The maximum absolute atomic E-state index is 13.3. The molecule has 1 atom stereocenters. The van der Waals surface area contributed by atoms with Crippen LogP contribution in [0.3, 0.4) is 0 Å². The molecule has 1 unspecified atom stereocenters. The molecule has 0 aromatic heterocycles. The second-order valence-electron chi connectivity index (χ2n) is 7.77. The van der Waals surface area contributed by atoms with E-state index in [2.05, 4.69) is 5.32 Å². The molecule has 0 saturated carbocycles. The zero-order valence-electron chi connectivity index (χ0n) is 17.4. The van der Waals surface area contributed by atoms with E-state index in [1.807, 2.05) is 48.3 Å². The molecule has 160 valence electrons. The molecule has 1 amide bonds. The van der Waals surface area contributed by atoms with E-state index in [0.717, 1.165) is 23.2 Å². The van der Waals surface area contributed by atoms with Gasteiger partial charge in [0.05, 0.1) is 13.7 Å². The summed E-state index contributed by atoms with van der Waals surface area (Å²) in [5, 5.41) is 3.87. The van der Waals surface area contributed by atoms with Crippen molar-refractivity contribution in [3.8, 4) is 5.75 Å². The summed E-state index contributed by atoms with van der Waals surface area (Å²) in [6.45, 7) is 2.39. The van der Waals surface area contributed by atoms with Crippen molar-refractivity contribution >= 4 is 23.8 Å². The third-order valence-electron chi connectivity index (χ3n) is 5.49. The minimum absolute atomic E-state index is 0.0724. The van der Waals surface area contributed by atoms with Crippen LogP contribution in [-0.2, 0) is 22.7 Å². The highest BCUT2D eigenvalue weighted by Gasteiger charge is 2.42. The number of carbonyl (C=O) groups excluding carboxylic acids is 2. The van der Waals surface area contributed by atoms with Crippen molar-refractivity contribution in [2.75, 3.05) is 33.8 Å². The van der Waals surface area contributed by atoms with E-state index in [9.17, 15) is 9.59 Å². The summed E-state index contributed by atoms with van der Waals surface area (Å²) >= 11 is 6.00. The van der Waals surface area contributed by atoms with Gasteiger partial charge in [0.25, 0.3) is 0 Å². The number of nitrogens with zero attached hydrogens (tertiary/aromatic N) is 2. The molecule has 1 fully saturated rings. The van der Waals surface area contributed by atoms with E-state index >= 15 is 0 Å². The molecule has 7 heteroatoms. The maximum Gasteiger partial charge on any atom is 0.237 e. The number of methoxy groups -OCH3 is 1. The average Bonchev–Trinajstić information content (AvgIpc) is 3.23. The average molecular weight is 430 g/mol. The van der Waals surface area contributed by atoms with Gasteiger partial charge in [0.15, 0.2) is 0 Å². The van der Waals surface area contributed by atoms with E-state index in [1.54, 1.807) is 24.1 Å². The summed E-state index contributed by atoms with van der Waals surface area (Å²) in [5.41, 5.74) is 1.21. The van der Waals surface area contributed by atoms with Gasteiger partial charge in [-0.2, -0.15) is 0 Å². The van der Waals surface area contributed by atoms with Crippen LogP contribution in [0.1, 0.15) is 17.5 Å². The van der Waals surface area contributed by atoms with Crippen molar-refractivity contribution in [2.24, 2.45) is 0 Å². The molecule has 1 aliphatic rings. The van der Waals surface area contributed by atoms with Crippen LogP contribution in [0.4, 0.5) is 0 Å². The number of nitrogens with one attached hydrogen (secondary N) is 1. The Hall–Kier alpha value is -2.41. The molecule has 2 aromatic rings.